The van der Waals surface area contributed by atoms with Crippen molar-refractivity contribution in [2.45, 2.75) is 13.0 Å². The molecule has 0 radical (unpaired) electrons. The van der Waals surface area contributed by atoms with Crippen LogP contribution in [0.2, 0.25) is 10.0 Å². The summed E-state index contributed by atoms with van der Waals surface area (Å²) in [5, 5.41) is 4.17. The van der Waals surface area contributed by atoms with E-state index in [0.29, 0.717) is 15.7 Å². The van der Waals surface area contributed by atoms with Gasteiger partial charge >= 0.3 is 0 Å². The first-order valence-electron chi connectivity index (χ1n) is 5.64. The second-order valence-electron chi connectivity index (χ2n) is 4.16. The number of benzene rings is 2. The summed E-state index contributed by atoms with van der Waals surface area (Å²) in [5.74, 6) is -0.343. The van der Waals surface area contributed by atoms with Crippen LogP contribution in [0.1, 0.15) is 18.5 Å². The van der Waals surface area contributed by atoms with Crippen molar-refractivity contribution in [2.24, 2.45) is 0 Å². The van der Waals surface area contributed by atoms with Crippen LogP contribution in [-0.2, 0) is 0 Å². The lowest BCUT2D eigenvalue weighted by Crippen LogP contribution is -2.08. The summed E-state index contributed by atoms with van der Waals surface area (Å²) in [5.41, 5.74) is 1.25. The summed E-state index contributed by atoms with van der Waals surface area (Å²) in [6, 6.07) is 9.87. The number of hydrogen-bond donors (Lipinski definition) is 1. The smallest absolute Gasteiger partial charge is 0.146 e. The van der Waals surface area contributed by atoms with Gasteiger partial charge in [0.15, 0.2) is 0 Å². The molecule has 0 aliphatic heterocycles. The molecule has 0 aliphatic rings. The van der Waals surface area contributed by atoms with Gasteiger partial charge in [-0.25, -0.2) is 4.39 Å². The van der Waals surface area contributed by atoms with Crippen molar-refractivity contribution in [3.8, 4) is 0 Å². The number of nitrogens with one attached hydrogen (secondary N) is 1. The molecule has 1 N–H and O–H groups in total. The maximum atomic E-state index is 13.6. The Morgan fingerprint density at radius 1 is 1.16 bits per heavy atom. The standard InChI is InChI=1S/C14H11BrCl2FN/c1-8(11-4-2-9(15)6-12(11)17)19-14-7-10(16)3-5-13(14)18/h2-8,19H,1H3. The fraction of sp³-hybridized carbons (Fsp3) is 0.143. The quantitative estimate of drug-likeness (QED) is 0.698. The maximum absolute atomic E-state index is 13.6. The molecule has 5 heteroatoms. The van der Waals surface area contributed by atoms with Crippen LogP contribution >= 0.6 is 39.1 Å². The van der Waals surface area contributed by atoms with Crippen LogP contribution in [0.4, 0.5) is 10.1 Å². The van der Waals surface area contributed by atoms with Gasteiger partial charge in [-0.3, -0.25) is 0 Å². The first-order chi connectivity index (χ1) is 8.97. The highest BCUT2D eigenvalue weighted by molar-refractivity contribution is 9.10. The van der Waals surface area contributed by atoms with Crippen LogP contribution in [0.3, 0.4) is 0 Å². The molecular weight excluding hydrogens is 352 g/mol. The molecule has 0 spiro atoms. The minimum Gasteiger partial charge on any atom is -0.376 e. The van der Waals surface area contributed by atoms with E-state index in [0.717, 1.165) is 10.0 Å². The number of hydrogen-bond acceptors (Lipinski definition) is 1. The molecule has 0 aliphatic carbocycles. The van der Waals surface area contributed by atoms with E-state index in [1.54, 1.807) is 6.07 Å². The number of halogens is 4. The fourth-order valence-corrected chi connectivity index (χ4v) is 2.78. The molecule has 2 aromatic carbocycles. The third-order valence-corrected chi connectivity index (χ3v) is 3.79. The van der Waals surface area contributed by atoms with Crippen molar-refractivity contribution in [3.05, 3.63) is 62.3 Å². The maximum Gasteiger partial charge on any atom is 0.146 e. The average Bonchev–Trinajstić information content (AvgIpc) is 2.33. The van der Waals surface area contributed by atoms with Crippen molar-refractivity contribution in [2.75, 3.05) is 5.32 Å². The van der Waals surface area contributed by atoms with Gasteiger partial charge in [0.1, 0.15) is 5.82 Å². The Bertz CT molecular complexity index is 604. The van der Waals surface area contributed by atoms with Gasteiger partial charge < -0.3 is 5.32 Å². The van der Waals surface area contributed by atoms with Gasteiger partial charge in [0.2, 0.25) is 0 Å². The Morgan fingerprint density at radius 2 is 1.89 bits per heavy atom. The van der Waals surface area contributed by atoms with E-state index in [2.05, 4.69) is 21.2 Å². The largest absolute Gasteiger partial charge is 0.376 e. The lowest BCUT2D eigenvalue weighted by Gasteiger charge is -2.18. The average molecular weight is 363 g/mol. The predicted molar refractivity (Wildman–Crippen MR) is 82.6 cm³/mol. The number of rotatable bonds is 3. The normalized spacial score (nSPS) is 12.3. The van der Waals surface area contributed by atoms with Crippen molar-refractivity contribution in [1.82, 2.24) is 0 Å². The topological polar surface area (TPSA) is 12.0 Å². The molecule has 0 bridgehead atoms. The highest BCUT2D eigenvalue weighted by Crippen LogP contribution is 2.30. The van der Waals surface area contributed by atoms with Gasteiger partial charge in [-0.2, -0.15) is 0 Å². The molecule has 0 heterocycles. The van der Waals surface area contributed by atoms with E-state index < -0.39 is 0 Å². The Hall–Kier alpha value is -0.770. The summed E-state index contributed by atoms with van der Waals surface area (Å²) in [6.45, 7) is 1.91. The summed E-state index contributed by atoms with van der Waals surface area (Å²) >= 11 is 15.4. The minimum atomic E-state index is -0.343. The van der Waals surface area contributed by atoms with Crippen LogP contribution in [0.25, 0.3) is 0 Å². The highest BCUT2D eigenvalue weighted by Gasteiger charge is 2.12. The summed E-state index contributed by atoms with van der Waals surface area (Å²) in [4.78, 5) is 0. The SMILES string of the molecule is CC(Nc1cc(Cl)ccc1F)c1ccc(Br)cc1Cl. The van der Waals surface area contributed by atoms with Crippen LogP contribution in [0, 0.1) is 5.82 Å². The zero-order valence-electron chi connectivity index (χ0n) is 10.1. The molecule has 0 amide bonds. The Morgan fingerprint density at radius 3 is 2.58 bits per heavy atom. The van der Waals surface area contributed by atoms with Crippen molar-refractivity contribution in [3.63, 3.8) is 0 Å². The van der Waals surface area contributed by atoms with Gasteiger partial charge in [0.25, 0.3) is 0 Å². The first-order valence-corrected chi connectivity index (χ1v) is 7.19. The molecule has 0 saturated carbocycles. The summed E-state index contributed by atoms with van der Waals surface area (Å²) in [7, 11) is 0. The van der Waals surface area contributed by atoms with Crippen LogP contribution in [-0.4, -0.2) is 0 Å². The van der Waals surface area contributed by atoms with Gasteiger partial charge in [0, 0.05) is 14.5 Å². The van der Waals surface area contributed by atoms with Crippen LogP contribution in [0.5, 0.6) is 0 Å². The fourth-order valence-electron chi connectivity index (χ4n) is 1.77. The van der Waals surface area contributed by atoms with E-state index in [1.807, 2.05) is 25.1 Å². The molecule has 2 aromatic rings. The molecule has 0 fully saturated rings. The predicted octanol–water partition coefficient (Wildman–Crippen LogP) is 6.07. The van der Waals surface area contributed by atoms with Gasteiger partial charge in [-0.05, 0) is 42.8 Å². The van der Waals surface area contributed by atoms with Gasteiger partial charge in [0.05, 0.1) is 11.7 Å². The lowest BCUT2D eigenvalue weighted by molar-refractivity contribution is 0.627. The Labute approximate surface area is 129 Å². The molecule has 0 saturated heterocycles. The van der Waals surface area contributed by atoms with E-state index in [9.17, 15) is 4.39 Å². The minimum absolute atomic E-state index is 0.131. The molecule has 2 rings (SSSR count). The molecule has 100 valence electrons. The molecule has 1 atom stereocenters. The van der Waals surface area contributed by atoms with Crippen molar-refractivity contribution >= 4 is 44.8 Å². The van der Waals surface area contributed by atoms with Crippen molar-refractivity contribution in [1.29, 1.82) is 0 Å². The molecular formula is C14H11BrCl2FN. The van der Waals surface area contributed by atoms with E-state index in [4.69, 9.17) is 23.2 Å². The second-order valence-corrected chi connectivity index (χ2v) is 5.92. The van der Waals surface area contributed by atoms with Crippen molar-refractivity contribution < 1.29 is 4.39 Å². The van der Waals surface area contributed by atoms with Gasteiger partial charge in [-0.15, -0.1) is 0 Å². The van der Waals surface area contributed by atoms with E-state index in [1.165, 1.54) is 12.1 Å². The lowest BCUT2D eigenvalue weighted by atomic mass is 10.1. The van der Waals surface area contributed by atoms with Gasteiger partial charge in [-0.1, -0.05) is 45.2 Å². The van der Waals surface area contributed by atoms with E-state index in [-0.39, 0.29) is 11.9 Å². The van der Waals surface area contributed by atoms with E-state index >= 15 is 0 Å². The second kappa shape index (κ2) is 6.12. The summed E-state index contributed by atoms with van der Waals surface area (Å²) < 4.78 is 14.6. The monoisotopic (exact) mass is 361 g/mol. The Balaban J connectivity index is 2.25. The van der Waals surface area contributed by atoms with Crippen LogP contribution < -0.4 is 5.32 Å². The van der Waals surface area contributed by atoms with Crippen LogP contribution in [0.15, 0.2) is 40.9 Å². The Kier molecular flexibility index (Phi) is 4.71. The highest BCUT2D eigenvalue weighted by atomic mass is 79.9. The zero-order chi connectivity index (χ0) is 14.0. The molecule has 0 aromatic heterocycles. The number of anilines is 1. The first kappa shape index (κ1) is 14.6. The molecule has 19 heavy (non-hydrogen) atoms. The summed E-state index contributed by atoms with van der Waals surface area (Å²) in [6.07, 6.45) is 0. The zero-order valence-corrected chi connectivity index (χ0v) is 13.2. The third kappa shape index (κ3) is 3.62. The molecule has 1 unspecified atom stereocenters. The third-order valence-electron chi connectivity index (χ3n) is 2.73. The molecule has 1 nitrogen and oxygen atoms in total.